The van der Waals surface area contributed by atoms with Gasteiger partial charge in [0.15, 0.2) is 0 Å². The highest BCUT2D eigenvalue weighted by molar-refractivity contribution is 7.89. The van der Waals surface area contributed by atoms with Crippen molar-refractivity contribution in [2.24, 2.45) is 5.92 Å². The highest BCUT2D eigenvalue weighted by Crippen LogP contribution is 2.28. The van der Waals surface area contributed by atoms with Gasteiger partial charge in [-0.3, -0.25) is 4.98 Å². The summed E-state index contributed by atoms with van der Waals surface area (Å²) in [4.78, 5) is 4.71. The first-order valence-corrected chi connectivity index (χ1v) is 10.0. The van der Waals surface area contributed by atoms with Crippen molar-refractivity contribution >= 4 is 20.9 Å². The van der Waals surface area contributed by atoms with E-state index in [9.17, 15) is 8.42 Å². The molecule has 0 saturated carbocycles. The van der Waals surface area contributed by atoms with Gasteiger partial charge in [-0.1, -0.05) is 19.1 Å². The summed E-state index contributed by atoms with van der Waals surface area (Å²) in [6.07, 6.45) is 3.54. The standard InChI is InChI=1S/C18H25N3O2S/c1-3-19-13-15-7-9-21(10-8-15)24(22,23)17-6-4-5-16-11-14(2)12-20-18(16)17/h4-6,11-12,15,19H,3,7-10,13H2,1-2H3. The molecule has 0 atom stereocenters. The molecule has 3 rings (SSSR count). The molecular weight excluding hydrogens is 322 g/mol. The van der Waals surface area contributed by atoms with E-state index in [0.29, 0.717) is 29.4 Å². The zero-order valence-corrected chi connectivity index (χ0v) is 15.1. The van der Waals surface area contributed by atoms with Crippen LogP contribution < -0.4 is 5.32 Å². The lowest BCUT2D eigenvalue weighted by molar-refractivity contribution is 0.268. The smallest absolute Gasteiger partial charge is 0.245 e. The number of nitrogens with zero attached hydrogens (tertiary/aromatic N) is 2. The molecule has 1 aromatic heterocycles. The molecule has 0 unspecified atom stereocenters. The van der Waals surface area contributed by atoms with Crippen LogP contribution in [0, 0.1) is 12.8 Å². The Labute approximate surface area is 144 Å². The molecule has 1 aliphatic rings. The SMILES string of the molecule is CCNCC1CCN(S(=O)(=O)c2cccc3cc(C)cnc23)CC1. The number of aryl methyl sites for hydroxylation is 1. The Morgan fingerprint density at radius 2 is 2.04 bits per heavy atom. The van der Waals surface area contributed by atoms with Crippen LogP contribution in [-0.2, 0) is 10.0 Å². The molecule has 2 heterocycles. The summed E-state index contributed by atoms with van der Waals surface area (Å²) in [5.74, 6) is 0.560. The minimum Gasteiger partial charge on any atom is -0.317 e. The van der Waals surface area contributed by atoms with Crippen LogP contribution in [-0.4, -0.2) is 43.9 Å². The first-order chi connectivity index (χ1) is 11.5. The molecule has 1 aromatic carbocycles. The maximum Gasteiger partial charge on any atom is 0.245 e. The van der Waals surface area contributed by atoms with E-state index in [0.717, 1.165) is 36.9 Å². The van der Waals surface area contributed by atoms with Crippen molar-refractivity contribution in [2.75, 3.05) is 26.2 Å². The van der Waals surface area contributed by atoms with E-state index in [4.69, 9.17) is 0 Å². The van der Waals surface area contributed by atoms with Gasteiger partial charge in [0.2, 0.25) is 10.0 Å². The quantitative estimate of drug-likeness (QED) is 0.903. The number of aromatic nitrogens is 1. The molecule has 5 nitrogen and oxygen atoms in total. The van der Waals surface area contributed by atoms with Gasteiger partial charge in [-0.15, -0.1) is 0 Å². The van der Waals surface area contributed by atoms with E-state index in [-0.39, 0.29) is 0 Å². The zero-order valence-electron chi connectivity index (χ0n) is 14.3. The molecule has 0 aliphatic carbocycles. The highest BCUT2D eigenvalue weighted by atomic mass is 32.2. The Bertz CT molecular complexity index is 812. The second-order valence-corrected chi connectivity index (χ2v) is 8.40. The van der Waals surface area contributed by atoms with Crippen LogP contribution in [0.15, 0.2) is 35.4 Å². The number of rotatable bonds is 5. The average Bonchev–Trinajstić information content (AvgIpc) is 2.59. The number of pyridine rings is 1. The second kappa shape index (κ2) is 7.17. The van der Waals surface area contributed by atoms with Crippen molar-refractivity contribution in [1.82, 2.24) is 14.6 Å². The fourth-order valence-electron chi connectivity index (χ4n) is 3.29. The predicted molar refractivity (Wildman–Crippen MR) is 96.5 cm³/mol. The summed E-state index contributed by atoms with van der Waals surface area (Å²) in [6.45, 7) is 7.15. The number of hydrogen-bond acceptors (Lipinski definition) is 4. The molecule has 24 heavy (non-hydrogen) atoms. The summed E-state index contributed by atoms with van der Waals surface area (Å²) in [6, 6.07) is 7.36. The van der Waals surface area contributed by atoms with Gasteiger partial charge < -0.3 is 5.32 Å². The van der Waals surface area contributed by atoms with Crippen LogP contribution in [0.4, 0.5) is 0 Å². The first-order valence-electron chi connectivity index (χ1n) is 8.58. The Hall–Kier alpha value is -1.50. The number of hydrogen-bond donors (Lipinski definition) is 1. The molecule has 1 saturated heterocycles. The third kappa shape index (κ3) is 3.45. The van der Waals surface area contributed by atoms with Gasteiger partial charge >= 0.3 is 0 Å². The molecule has 0 spiro atoms. The normalized spacial score (nSPS) is 17.4. The van der Waals surface area contributed by atoms with E-state index in [1.165, 1.54) is 0 Å². The minimum atomic E-state index is -3.49. The maximum atomic E-state index is 13.1. The zero-order chi connectivity index (χ0) is 17.2. The maximum absolute atomic E-state index is 13.1. The van der Waals surface area contributed by atoms with Crippen LogP contribution in [0.25, 0.3) is 10.9 Å². The van der Waals surface area contributed by atoms with Crippen LogP contribution in [0.1, 0.15) is 25.3 Å². The Morgan fingerprint density at radius 3 is 2.75 bits per heavy atom. The molecule has 0 radical (unpaired) electrons. The number of para-hydroxylation sites is 1. The van der Waals surface area contributed by atoms with Crippen molar-refractivity contribution in [2.45, 2.75) is 31.6 Å². The predicted octanol–water partition coefficient (Wildman–Crippen LogP) is 2.55. The monoisotopic (exact) mass is 347 g/mol. The molecular formula is C18H25N3O2S. The average molecular weight is 347 g/mol. The highest BCUT2D eigenvalue weighted by Gasteiger charge is 2.30. The number of fused-ring (bicyclic) bond motifs is 1. The van der Waals surface area contributed by atoms with Gasteiger partial charge in [-0.25, -0.2) is 8.42 Å². The third-order valence-corrected chi connectivity index (χ3v) is 6.62. The lowest BCUT2D eigenvalue weighted by atomic mass is 9.98. The summed E-state index contributed by atoms with van der Waals surface area (Å²) < 4.78 is 27.8. The molecule has 6 heteroatoms. The van der Waals surface area contributed by atoms with E-state index in [1.807, 2.05) is 19.1 Å². The number of sulfonamides is 1. The summed E-state index contributed by atoms with van der Waals surface area (Å²) in [5, 5.41) is 4.23. The van der Waals surface area contributed by atoms with Crippen molar-refractivity contribution in [1.29, 1.82) is 0 Å². The van der Waals surface area contributed by atoms with Gasteiger partial charge in [-0.05, 0) is 56.5 Å². The third-order valence-electron chi connectivity index (χ3n) is 4.69. The Balaban J connectivity index is 1.84. The molecule has 130 valence electrons. The Kier molecular flexibility index (Phi) is 5.18. The molecule has 1 aliphatic heterocycles. The van der Waals surface area contributed by atoms with Gasteiger partial charge in [0.1, 0.15) is 4.90 Å². The molecule has 0 amide bonds. The fraction of sp³-hybridized carbons (Fsp3) is 0.500. The molecule has 0 bridgehead atoms. The molecule has 1 N–H and O–H groups in total. The minimum absolute atomic E-state index is 0.324. The van der Waals surface area contributed by atoms with E-state index < -0.39 is 10.0 Å². The van der Waals surface area contributed by atoms with Gasteiger partial charge in [0.25, 0.3) is 0 Å². The van der Waals surface area contributed by atoms with Gasteiger partial charge in [-0.2, -0.15) is 4.31 Å². The van der Waals surface area contributed by atoms with Crippen molar-refractivity contribution in [3.05, 3.63) is 36.0 Å². The van der Waals surface area contributed by atoms with Gasteiger partial charge in [0.05, 0.1) is 5.52 Å². The largest absolute Gasteiger partial charge is 0.317 e. The lowest BCUT2D eigenvalue weighted by Gasteiger charge is -2.31. The summed E-state index contributed by atoms with van der Waals surface area (Å²) in [5.41, 5.74) is 1.60. The topological polar surface area (TPSA) is 62.3 Å². The van der Waals surface area contributed by atoms with Gasteiger partial charge in [0, 0.05) is 24.7 Å². The van der Waals surface area contributed by atoms with Crippen molar-refractivity contribution in [3.8, 4) is 0 Å². The second-order valence-electron chi connectivity index (χ2n) is 6.50. The Morgan fingerprint density at radius 1 is 1.29 bits per heavy atom. The number of piperidine rings is 1. The lowest BCUT2D eigenvalue weighted by Crippen LogP contribution is -2.40. The van der Waals surface area contributed by atoms with E-state index in [1.54, 1.807) is 22.6 Å². The van der Waals surface area contributed by atoms with Crippen LogP contribution in [0.3, 0.4) is 0 Å². The van der Waals surface area contributed by atoms with Crippen LogP contribution in [0.5, 0.6) is 0 Å². The molecule has 1 fully saturated rings. The summed E-state index contributed by atoms with van der Waals surface area (Å²) >= 11 is 0. The van der Waals surface area contributed by atoms with Crippen molar-refractivity contribution < 1.29 is 8.42 Å². The van der Waals surface area contributed by atoms with E-state index in [2.05, 4.69) is 17.2 Å². The van der Waals surface area contributed by atoms with Crippen LogP contribution in [0.2, 0.25) is 0 Å². The first kappa shape index (κ1) is 17.3. The summed E-state index contributed by atoms with van der Waals surface area (Å²) in [7, 11) is -3.49. The van der Waals surface area contributed by atoms with Crippen LogP contribution >= 0.6 is 0 Å². The number of nitrogens with one attached hydrogen (secondary N) is 1. The number of benzene rings is 1. The van der Waals surface area contributed by atoms with E-state index >= 15 is 0 Å². The molecule has 2 aromatic rings. The van der Waals surface area contributed by atoms with Crippen molar-refractivity contribution in [3.63, 3.8) is 0 Å². The fourth-order valence-corrected chi connectivity index (χ4v) is 4.93.